The molecule has 28 heavy (non-hydrogen) atoms. The minimum absolute atomic E-state index is 0.0870. The van der Waals surface area contributed by atoms with E-state index in [1.54, 1.807) is 48.5 Å². The van der Waals surface area contributed by atoms with Gasteiger partial charge in [-0.2, -0.15) is 4.98 Å². The minimum atomic E-state index is -1.26. The Labute approximate surface area is 166 Å². The molecule has 0 amide bonds. The molecule has 0 aliphatic carbocycles. The van der Waals surface area contributed by atoms with Crippen LogP contribution in [0.15, 0.2) is 47.0 Å². The summed E-state index contributed by atoms with van der Waals surface area (Å²) in [5, 5.41) is 15.7. The van der Waals surface area contributed by atoms with Gasteiger partial charge < -0.3 is 23.9 Å². The summed E-state index contributed by atoms with van der Waals surface area (Å²) in [6, 6.07) is 12.1. The number of hydrogen-bond donors (Lipinski definition) is 0. The van der Waals surface area contributed by atoms with Gasteiger partial charge in [-0.25, -0.2) is 0 Å². The molecule has 144 valence electrons. The lowest BCUT2D eigenvalue weighted by Crippen LogP contribution is -2.22. The standard InChI is InChI=1S/C20H17ClN2O5/c1-26-16-8-5-13(10-17(16)27-2)19-22-20(28-23-19)14(11-18(24)25)9-12-3-6-15(21)7-4-12/h3-10H,11H2,1-2H3,(H,24,25)/p-1/b14-9+. The average molecular weight is 400 g/mol. The van der Waals surface area contributed by atoms with Crippen molar-refractivity contribution in [3.63, 3.8) is 0 Å². The molecule has 0 spiro atoms. The van der Waals surface area contributed by atoms with Crippen molar-refractivity contribution < 1.29 is 23.9 Å². The van der Waals surface area contributed by atoms with Crippen LogP contribution in [0.2, 0.25) is 5.02 Å². The smallest absolute Gasteiger partial charge is 0.254 e. The maximum Gasteiger partial charge on any atom is 0.254 e. The Balaban J connectivity index is 1.96. The maximum absolute atomic E-state index is 11.2. The van der Waals surface area contributed by atoms with Gasteiger partial charge in [-0.15, -0.1) is 0 Å². The predicted molar refractivity (Wildman–Crippen MR) is 102 cm³/mol. The number of carboxylic acids is 1. The van der Waals surface area contributed by atoms with E-state index in [2.05, 4.69) is 10.1 Å². The largest absolute Gasteiger partial charge is 0.550 e. The fraction of sp³-hybridized carbons (Fsp3) is 0.150. The van der Waals surface area contributed by atoms with Crippen LogP contribution in [0.5, 0.6) is 11.5 Å². The Morgan fingerprint density at radius 1 is 1.14 bits per heavy atom. The molecule has 7 nitrogen and oxygen atoms in total. The first kappa shape index (κ1) is 19.4. The van der Waals surface area contributed by atoms with E-state index in [0.717, 1.165) is 5.56 Å². The van der Waals surface area contributed by atoms with Crippen LogP contribution in [0.4, 0.5) is 0 Å². The summed E-state index contributed by atoms with van der Waals surface area (Å²) in [7, 11) is 3.06. The number of halogens is 1. The average Bonchev–Trinajstić information content (AvgIpc) is 3.18. The number of benzene rings is 2. The number of carbonyl (C=O) groups is 1. The fourth-order valence-electron chi connectivity index (χ4n) is 2.55. The summed E-state index contributed by atoms with van der Waals surface area (Å²) >= 11 is 5.88. The van der Waals surface area contributed by atoms with E-state index in [1.807, 2.05) is 0 Å². The summed E-state index contributed by atoms with van der Waals surface area (Å²) in [6.45, 7) is 0. The van der Waals surface area contributed by atoms with Gasteiger partial charge in [0.1, 0.15) is 0 Å². The SMILES string of the molecule is COc1ccc(-c2noc(/C(=C/c3ccc(Cl)cc3)CC(=O)[O-])n2)cc1OC. The second-order valence-electron chi connectivity index (χ2n) is 5.76. The predicted octanol–water partition coefficient (Wildman–Crippen LogP) is 3.09. The molecule has 0 atom stereocenters. The first-order valence-electron chi connectivity index (χ1n) is 8.22. The molecule has 0 aliphatic heterocycles. The molecule has 0 saturated heterocycles. The quantitative estimate of drug-likeness (QED) is 0.602. The molecule has 0 unspecified atom stereocenters. The summed E-state index contributed by atoms with van der Waals surface area (Å²) < 4.78 is 15.8. The number of methoxy groups -OCH3 is 2. The zero-order valence-electron chi connectivity index (χ0n) is 15.1. The number of hydrogen-bond acceptors (Lipinski definition) is 7. The van der Waals surface area contributed by atoms with Crippen LogP contribution < -0.4 is 14.6 Å². The Morgan fingerprint density at radius 2 is 1.86 bits per heavy atom. The normalized spacial score (nSPS) is 11.3. The highest BCUT2D eigenvalue weighted by atomic mass is 35.5. The summed E-state index contributed by atoms with van der Waals surface area (Å²) in [5.41, 5.74) is 1.69. The second-order valence-corrected chi connectivity index (χ2v) is 6.20. The van der Waals surface area contributed by atoms with E-state index >= 15 is 0 Å². The number of carboxylic acid groups (broad SMARTS) is 1. The van der Waals surface area contributed by atoms with Crippen LogP contribution in [-0.2, 0) is 4.79 Å². The number of aliphatic carboxylic acids is 1. The molecule has 0 saturated carbocycles. The van der Waals surface area contributed by atoms with E-state index in [-0.39, 0.29) is 18.1 Å². The lowest BCUT2D eigenvalue weighted by Gasteiger charge is -2.07. The van der Waals surface area contributed by atoms with Crippen molar-refractivity contribution in [3.8, 4) is 22.9 Å². The molecule has 1 heterocycles. The van der Waals surface area contributed by atoms with E-state index in [9.17, 15) is 9.90 Å². The van der Waals surface area contributed by atoms with Crippen molar-refractivity contribution in [2.24, 2.45) is 0 Å². The van der Waals surface area contributed by atoms with Gasteiger partial charge in [-0.1, -0.05) is 28.9 Å². The highest BCUT2D eigenvalue weighted by molar-refractivity contribution is 6.30. The van der Waals surface area contributed by atoms with Gasteiger partial charge in [0.05, 0.1) is 14.2 Å². The number of carbonyl (C=O) groups excluding carboxylic acids is 1. The van der Waals surface area contributed by atoms with E-state index in [4.69, 9.17) is 25.6 Å². The van der Waals surface area contributed by atoms with Gasteiger partial charge in [-0.05, 0) is 42.0 Å². The first-order chi connectivity index (χ1) is 13.5. The molecule has 0 bridgehead atoms. The molecular weight excluding hydrogens is 384 g/mol. The molecule has 2 aromatic carbocycles. The topological polar surface area (TPSA) is 97.5 Å². The first-order valence-corrected chi connectivity index (χ1v) is 8.60. The second kappa shape index (κ2) is 8.58. The molecule has 0 N–H and O–H groups in total. The van der Waals surface area contributed by atoms with Gasteiger partial charge >= 0.3 is 0 Å². The van der Waals surface area contributed by atoms with Crippen molar-refractivity contribution in [2.75, 3.05) is 14.2 Å². The Hall–Kier alpha value is -3.32. The molecule has 3 aromatic rings. The highest BCUT2D eigenvalue weighted by Gasteiger charge is 2.15. The van der Waals surface area contributed by atoms with E-state index in [0.29, 0.717) is 27.7 Å². The minimum Gasteiger partial charge on any atom is -0.550 e. The van der Waals surface area contributed by atoms with Crippen LogP contribution in [0, 0.1) is 0 Å². The van der Waals surface area contributed by atoms with Gasteiger partial charge in [0.25, 0.3) is 5.89 Å². The number of nitrogens with zero attached hydrogens (tertiary/aromatic N) is 2. The van der Waals surface area contributed by atoms with Crippen LogP contribution >= 0.6 is 11.6 Å². The third-order valence-corrected chi connectivity index (χ3v) is 4.14. The van der Waals surface area contributed by atoms with Crippen LogP contribution in [0.3, 0.4) is 0 Å². The molecule has 0 radical (unpaired) electrons. The van der Waals surface area contributed by atoms with Crippen LogP contribution in [-0.4, -0.2) is 30.3 Å². The van der Waals surface area contributed by atoms with Crippen molar-refractivity contribution >= 4 is 29.2 Å². The monoisotopic (exact) mass is 399 g/mol. The molecule has 0 fully saturated rings. The lowest BCUT2D eigenvalue weighted by molar-refractivity contribution is -0.304. The zero-order chi connectivity index (χ0) is 20.1. The molecular formula is C20H16ClN2O5-. The van der Waals surface area contributed by atoms with E-state index in [1.165, 1.54) is 14.2 Å². The third-order valence-electron chi connectivity index (χ3n) is 3.89. The van der Waals surface area contributed by atoms with Crippen molar-refractivity contribution in [1.29, 1.82) is 0 Å². The van der Waals surface area contributed by atoms with Crippen molar-refractivity contribution in [2.45, 2.75) is 6.42 Å². The van der Waals surface area contributed by atoms with Crippen LogP contribution in [0.1, 0.15) is 17.9 Å². The summed E-state index contributed by atoms with van der Waals surface area (Å²) in [4.78, 5) is 15.5. The van der Waals surface area contributed by atoms with Gasteiger partial charge in [0.15, 0.2) is 11.5 Å². The molecule has 0 aliphatic rings. The van der Waals surface area contributed by atoms with E-state index < -0.39 is 5.97 Å². The molecule has 1 aromatic heterocycles. The third kappa shape index (κ3) is 4.50. The lowest BCUT2D eigenvalue weighted by atomic mass is 10.1. The zero-order valence-corrected chi connectivity index (χ0v) is 15.9. The Kier molecular flexibility index (Phi) is 5.96. The maximum atomic E-state index is 11.2. The van der Waals surface area contributed by atoms with Gasteiger partial charge in [0.2, 0.25) is 5.82 Å². The molecule has 3 rings (SSSR count). The number of ether oxygens (including phenoxy) is 2. The van der Waals surface area contributed by atoms with Gasteiger partial charge in [-0.3, -0.25) is 0 Å². The Morgan fingerprint density at radius 3 is 2.50 bits per heavy atom. The molecule has 8 heteroatoms. The van der Waals surface area contributed by atoms with Gasteiger partial charge in [0, 0.05) is 28.5 Å². The van der Waals surface area contributed by atoms with Crippen molar-refractivity contribution in [1.82, 2.24) is 10.1 Å². The summed E-state index contributed by atoms with van der Waals surface area (Å²) in [5.74, 6) is 0.194. The van der Waals surface area contributed by atoms with Crippen molar-refractivity contribution in [3.05, 3.63) is 58.9 Å². The fourth-order valence-corrected chi connectivity index (χ4v) is 2.68. The number of rotatable bonds is 7. The highest BCUT2D eigenvalue weighted by Crippen LogP contribution is 2.32. The number of aromatic nitrogens is 2. The summed E-state index contributed by atoms with van der Waals surface area (Å²) in [6.07, 6.45) is 1.26. The Bertz CT molecular complexity index is 1010. The van der Waals surface area contributed by atoms with Crippen LogP contribution in [0.25, 0.3) is 23.0 Å².